The fourth-order valence-corrected chi connectivity index (χ4v) is 3.59. The fourth-order valence-electron chi connectivity index (χ4n) is 3.59. The molecule has 0 spiro atoms. The summed E-state index contributed by atoms with van der Waals surface area (Å²) in [6.07, 6.45) is 6.54. The average molecular weight is 373 g/mol. The number of aryl methyl sites for hydroxylation is 1. The molecule has 4 aromatic rings. The highest BCUT2D eigenvalue weighted by molar-refractivity contribution is 5.92. The van der Waals surface area contributed by atoms with Gasteiger partial charge in [-0.25, -0.2) is 4.98 Å². The van der Waals surface area contributed by atoms with Crippen molar-refractivity contribution in [3.63, 3.8) is 0 Å². The van der Waals surface area contributed by atoms with Gasteiger partial charge in [0.15, 0.2) is 0 Å². The summed E-state index contributed by atoms with van der Waals surface area (Å²) in [6.45, 7) is 3.48. The Morgan fingerprint density at radius 2 is 1.79 bits per heavy atom. The Balaban J connectivity index is 1.84. The summed E-state index contributed by atoms with van der Waals surface area (Å²) in [5, 5.41) is 11.0. The van der Waals surface area contributed by atoms with Crippen LogP contribution in [0.3, 0.4) is 0 Å². The van der Waals surface area contributed by atoms with Crippen LogP contribution in [0.4, 0.5) is 0 Å². The molecule has 0 saturated heterocycles. The first kappa shape index (κ1) is 18.2. The summed E-state index contributed by atoms with van der Waals surface area (Å²) in [7, 11) is 0. The van der Waals surface area contributed by atoms with E-state index in [2.05, 4.69) is 29.8 Å². The molecular weight excluding hydrogens is 350 g/mol. The Bertz CT molecular complexity index is 1220. The quantitative estimate of drug-likeness (QED) is 0.557. The van der Waals surface area contributed by atoms with Gasteiger partial charge in [-0.15, -0.1) is 0 Å². The minimum Gasteiger partial charge on any atom is -0.396 e. The molecule has 5 nitrogen and oxygen atoms in total. The van der Waals surface area contributed by atoms with Crippen molar-refractivity contribution in [2.24, 2.45) is 0 Å². The van der Waals surface area contributed by atoms with Crippen LogP contribution in [0.2, 0.25) is 0 Å². The van der Waals surface area contributed by atoms with Crippen molar-refractivity contribution in [3.05, 3.63) is 76.5 Å². The van der Waals surface area contributed by atoms with Crippen LogP contribution in [-0.4, -0.2) is 25.8 Å². The lowest BCUT2D eigenvalue weighted by Gasteiger charge is -2.10. The van der Waals surface area contributed by atoms with E-state index in [0.717, 1.165) is 12.1 Å². The topological polar surface area (TPSA) is 60.0 Å². The summed E-state index contributed by atoms with van der Waals surface area (Å²) in [4.78, 5) is 17.6. The van der Waals surface area contributed by atoms with E-state index in [1.807, 2.05) is 42.5 Å². The Labute approximate surface area is 163 Å². The lowest BCUT2D eigenvalue weighted by Crippen LogP contribution is -2.24. The van der Waals surface area contributed by atoms with Crippen molar-refractivity contribution in [3.8, 4) is 0 Å². The van der Waals surface area contributed by atoms with E-state index in [4.69, 9.17) is 4.98 Å². The molecule has 142 valence electrons. The predicted molar refractivity (Wildman–Crippen MR) is 114 cm³/mol. The minimum absolute atomic E-state index is 0.0341. The fraction of sp³-hybridized carbons (Fsp3) is 0.217. The smallest absolute Gasteiger partial charge is 0.261 e. The zero-order valence-corrected chi connectivity index (χ0v) is 15.9. The van der Waals surface area contributed by atoms with Crippen molar-refractivity contribution in [1.82, 2.24) is 14.1 Å². The molecular formula is C23H23N3O2. The monoisotopic (exact) mass is 373 g/mol. The van der Waals surface area contributed by atoms with Gasteiger partial charge in [-0.2, -0.15) is 0 Å². The van der Waals surface area contributed by atoms with Gasteiger partial charge in [-0.05, 0) is 43.7 Å². The van der Waals surface area contributed by atoms with Crippen LogP contribution < -0.4 is 5.56 Å². The summed E-state index contributed by atoms with van der Waals surface area (Å²) < 4.78 is 3.86. The number of rotatable bonds is 6. The van der Waals surface area contributed by atoms with Gasteiger partial charge in [0.1, 0.15) is 5.82 Å². The zero-order valence-electron chi connectivity index (χ0n) is 15.9. The van der Waals surface area contributed by atoms with Gasteiger partial charge in [0.2, 0.25) is 0 Å². The SMILES string of the molecule is CCn1cc(C=Cc2nc3ccccc3c(=O)n2CCCO)c2ccccc21. The van der Waals surface area contributed by atoms with Gasteiger partial charge in [0.25, 0.3) is 5.56 Å². The summed E-state index contributed by atoms with van der Waals surface area (Å²) >= 11 is 0. The largest absolute Gasteiger partial charge is 0.396 e. The van der Waals surface area contributed by atoms with Crippen LogP contribution in [0.1, 0.15) is 24.7 Å². The number of hydrogen-bond donors (Lipinski definition) is 1. The van der Waals surface area contributed by atoms with Crippen molar-refractivity contribution < 1.29 is 5.11 Å². The lowest BCUT2D eigenvalue weighted by atomic mass is 10.1. The Kier molecular flexibility index (Phi) is 5.08. The molecule has 0 amide bonds. The van der Waals surface area contributed by atoms with E-state index in [1.165, 1.54) is 10.9 Å². The predicted octanol–water partition coefficient (Wildman–Crippen LogP) is 3.92. The third kappa shape index (κ3) is 3.25. The molecule has 0 aliphatic heterocycles. The molecule has 2 heterocycles. The van der Waals surface area contributed by atoms with Gasteiger partial charge in [-0.1, -0.05) is 30.3 Å². The van der Waals surface area contributed by atoms with Crippen molar-refractivity contribution in [1.29, 1.82) is 0 Å². The minimum atomic E-state index is -0.0744. The van der Waals surface area contributed by atoms with Crippen LogP contribution in [0.15, 0.2) is 59.5 Å². The molecule has 2 aromatic carbocycles. The standard InChI is InChI=1S/C23H23N3O2/c1-2-25-16-17(18-8-4-6-11-21(18)25)12-13-22-24-20-10-5-3-9-19(20)23(28)26(22)14-7-15-27/h3-6,8-13,16,27H,2,7,14-15H2,1H3. The second kappa shape index (κ2) is 7.82. The van der Waals surface area contributed by atoms with E-state index in [9.17, 15) is 9.90 Å². The van der Waals surface area contributed by atoms with Crippen molar-refractivity contribution in [2.45, 2.75) is 26.4 Å². The van der Waals surface area contributed by atoms with Gasteiger partial charge in [0.05, 0.1) is 10.9 Å². The van der Waals surface area contributed by atoms with Crippen molar-refractivity contribution in [2.75, 3.05) is 6.61 Å². The lowest BCUT2D eigenvalue weighted by molar-refractivity contribution is 0.278. The molecule has 0 unspecified atom stereocenters. The summed E-state index contributed by atoms with van der Waals surface area (Å²) in [6, 6.07) is 15.7. The van der Waals surface area contributed by atoms with Gasteiger partial charge < -0.3 is 9.67 Å². The van der Waals surface area contributed by atoms with Crippen LogP contribution in [-0.2, 0) is 13.1 Å². The Morgan fingerprint density at radius 3 is 2.57 bits per heavy atom. The molecule has 0 aliphatic rings. The van der Waals surface area contributed by atoms with Crippen LogP contribution in [0.5, 0.6) is 0 Å². The number of para-hydroxylation sites is 2. The van der Waals surface area contributed by atoms with Crippen LogP contribution in [0, 0.1) is 0 Å². The molecule has 2 aromatic heterocycles. The van der Waals surface area contributed by atoms with E-state index in [-0.39, 0.29) is 12.2 Å². The highest BCUT2D eigenvalue weighted by atomic mass is 16.3. The number of nitrogens with zero attached hydrogens (tertiary/aromatic N) is 3. The molecule has 0 atom stereocenters. The zero-order chi connectivity index (χ0) is 19.5. The summed E-state index contributed by atoms with van der Waals surface area (Å²) in [5.41, 5.74) is 2.89. The molecule has 0 bridgehead atoms. The molecule has 28 heavy (non-hydrogen) atoms. The second-order valence-electron chi connectivity index (χ2n) is 6.74. The maximum atomic E-state index is 12.9. The third-order valence-electron chi connectivity index (χ3n) is 5.00. The Morgan fingerprint density at radius 1 is 1.04 bits per heavy atom. The highest BCUT2D eigenvalue weighted by Crippen LogP contribution is 2.23. The maximum absolute atomic E-state index is 12.9. The van der Waals surface area contributed by atoms with Crippen molar-refractivity contribution >= 4 is 34.0 Å². The molecule has 0 aliphatic carbocycles. The number of aromatic nitrogens is 3. The first-order chi connectivity index (χ1) is 13.7. The van der Waals surface area contributed by atoms with Gasteiger partial charge >= 0.3 is 0 Å². The number of hydrogen-bond acceptors (Lipinski definition) is 3. The first-order valence-electron chi connectivity index (χ1n) is 9.59. The third-order valence-corrected chi connectivity index (χ3v) is 5.00. The van der Waals surface area contributed by atoms with Crippen LogP contribution in [0.25, 0.3) is 34.0 Å². The van der Waals surface area contributed by atoms with E-state index >= 15 is 0 Å². The number of aliphatic hydroxyl groups is 1. The average Bonchev–Trinajstić information content (AvgIpc) is 3.10. The highest BCUT2D eigenvalue weighted by Gasteiger charge is 2.10. The second-order valence-corrected chi connectivity index (χ2v) is 6.74. The molecule has 0 fully saturated rings. The molecule has 4 rings (SSSR count). The number of benzene rings is 2. The van der Waals surface area contributed by atoms with E-state index < -0.39 is 0 Å². The van der Waals surface area contributed by atoms with E-state index in [1.54, 1.807) is 10.6 Å². The molecule has 0 radical (unpaired) electrons. The van der Waals surface area contributed by atoms with Gasteiger partial charge in [0, 0.05) is 42.4 Å². The Hall–Kier alpha value is -3.18. The number of fused-ring (bicyclic) bond motifs is 2. The maximum Gasteiger partial charge on any atom is 0.261 e. The summed E-state index contributed by atoms with van der Waals surface area (Å²) in [5.74, 6) is 0.602. The number of aliphatic hydroxyl groups excluding tert-OH is 1. The van der Waals surface area contributed by atoms with Crippen LogP contribution >= 0.6 is 0 Å². The first-order valence-corrected chi connectivity index (χ1v) is 9.59. The molecule has 1 N–H and O–H groups in total. The van der Waals surface area contributed by atoms with Gasteiger partial charge in [-0.3, -0.25) is 9.36 Å². The molecule has 5 heteroatoms. The van der Waals surface area contributed by atoms with E-state index in [0.29, 0.717) is 29.7 Å². The normalized spacial score (nSPS) is 11.8. The molecule has 0 saturated carbocycles.